The van der Waals surface area contributed by atoms with E-state index in [1.165, 1.54) is 24.1 Å². The van der Waals surface area contributed by atoms with E-state index in [-0.39, 0.29) is 0 Å². The highest BCUT2D eigenvalue weighted by molar-refractivity contribution is 9.10. The molecule has 0 radical (unpaired) electrons. The van der Waals surface area contributed by atoms with Gasteiger partial charge in [-0.3, -0.25) is 0 Å². The van der Waals surface area contributed by atoms with Crippen LogP contribution in [0.25, 0.3) is 0 Å². The lowest BCUT2D eigenvalue weighted by molar-refractivity contribution is 0.471. The zero-order valence-electron chi connectivity index (χ0n) is 7.76. The van der Waals surface area contributed by atoms with Crippen molar-refractivity contribution >= 4 is 21.6 Å². The first kappa shape index (κ1) is 8.60. The summed E-state index contributed by atoms with van der Waals surface area (Å²) in [7, 11) is 0. The highest BCUT2D eigenvalue weighted by Gasteiger charge is 2.36. The predicted octanol–water partition coefficient (Wildman–Crippen LogP) is 2.90. The Morgan fingerprint density at radius 3 is 2.86 bits per heavy atom. The minimum Gasteiger partial charge on any atom is -0.507 e. The lowest BCUT2D eigenvalue weighted by Gasteiger charge is -2.07. The van der Waals surface area contributed by atoms with Gasteiger partial charge < -0.3 is 10.4 Å². The van der Waals surface area contributed by atoms with Gasteiger partial charge in [0, 0.05) is 11.7 Å². The molecule has 3 heteroatoms. The number of phenols is 1. The van der Waals surface area contributed by atoms with Crippen molar-refractivity contribution in [2.24, 2.45) is 5.92 Å². The molecule has 0 saturated heterocycles. The van der Waals surface area contributed by atoms with Crippen LogP contribution in [-0.4, -0.2) is 11.1 Å². The third kappa shape index (κ3) is 1.22. The Kier molecular flexibility index (Phi) is 1.78. The SMILES string of the molecule is Oc1ccc2c(c1Br)CC(C1CC1)N2. The summed E-state index contributed by atoms with van der Waals surface area (Å²) in [5, 5.41) is 13.1. The van der Waals surface area contributed by atoms with Crippen molar-refractivity contribution in [1.82, 2.24) is 0 Å². The number of hydrogen-bond donors (Lipinski definition) is 2. The van der Waals surface area contributed by atoms with Crippen molar-refractivity contribution in [3.63, 3.8) is 0 Å². The lowest BCUT2D eigenvalue weighted by atomic mass is 10.1. The monoisotopic (exact) mass is 253 g/mol. The molecule has 2 aliphatic rings. The van der Waals surface area contributed by atoms with E-state index in [9.17, 15) is 5.11 Å². The maximum absolute atomic E-state index is 9.55. The number of anilines is 1. The molecule has 0 spiro atoms. The molecule has 1 heterocycles. The Bertz CT molecular complexity index is 387. The lowest BCUT2D eigenvalue weighted by Crippen LogP contribution is -2.17. The van der Waals surface area contributed by atoms with Gasteiger partial charge >= 0.3 is 0 Å². The average molecular weight is 254 g/mol. The van der Waals surface area contributed by atoms with Gasteiger partial charge in [-0.25, -0.2) is 0 Å². The van der Waals surface area contributed by atoms with Crippen LogP contribution in [0.4, 0.5) is 5.69 Å². The summed E-state index contributed by atoms with van der Waals surface area (Å²) in [4.78, 5) is 0. The zero-order chi connectivity index (χ0) is 9.71. The molecule has 1 aromatic rings. The van der Waals surface area contributed by atoms with Gasteiger partial charge in [-0.1, -0.05) is 0 Å². The standard InChI is InChI=1S/C11H12BrNO/c12-11-7-5-9(6-1-2-6)13-8(7)3-4-10(11)14/h3-4,6,9,13-14H,1-2,5H2. The number of halogens is 1. The average Bonchev–Trinajstić information content (AvgIpc) is 2.93. The Hall–Kier alpha value is -0.700. The second-order valence-corrected chi connectivity index (χ2v) is 5.01. The first-order chi connectivity index (χ1) is 6.75. The van der Waals surface area contributed by atoms with Crippen LogP contribution in [0.2, 0.25) is 0 Å². The van der Waals surface area contributed by atoms with E-state index in [0.29, 0.717) is 11.8 Å². The second-order valence-electron chi connectivity index (χ2n) is 4.22. The van der Waals surface area contributed by atoms with E-state index in [0.717, 1.165) is 16.8 Å². The molecule has 1 fully saturated rings. The molecule has 0 bridgehead atoms. The van der Waals surface area contributed by atoms with Gasteiger partial charge in [0.15, 0.2) is 0 Å². The van der Waals surface area contributed by atoms with Crippen LogP contribution in [0.1, 0.15) is 18.4 Å². The number of hydrogen-bond acceptors (Lipinski definition) is 2. The molecule has 1 unspecified atom stereocenters. The van der Waals surface area contributed by atoms with Crippen LogP contribution in [0.3, 0.4) is 0 Å². The third-order valence-electron chi connectivity index (χ3n) is 3.18. The fourth-order valence-electron chi connectivity index (χ4n) is 2.20. The summed E-state index contributed by atoms with van der Waals surface area (Å²) in [6.45, 7) is 0. The summed E-state index contributed by atoms with van der Waals surface area (Å²) in [6, 6.07) is 4.31. The number of fused-ring (bicyclic) bond motifs is 1. The molecular weight excluding hydrogens is 242 g/mol. The number of aromatic hydroxyl groups is 1. The molecule has 1 aliphatic carbocycles. The number of nitrogens with one attached hydrogen (secondary N) is 1. The van der Waals surface area contributed by atoms with E-state index in [1.807, 2.05) is 6.07 Å². The molecule has 0 aromatic heterocycles. The van der Waals surface area contributed by atoms with Gasteiger partial charge in [0.2, 0.25) is 0 Å². The van der Waals surface area contributed by atoms with Gasteiger partial charge in [0.25, 0.3) is 0 Å². The van der Waals surface area contributed by atoms with Crippen LogP contribution in [0.5, 0.6) is 5.75 Å². The van der Waals surface area contributed by atoms with E-state index in [4.69, 9.17) is 0 Å². The Balaban J connectivity index is 1.97. The van der Waals surface area contributed by atoms with Gasteiger partial charge in [-0.2, -0.15) is 0 Å². The van der Waals surface area contributed by atoms with Crippen LogP contribution in [0.15, 0.2) is 16.6 Å². The summed E-state index contributed by atoms with van der Waals surface area (Å²) < 4.78 is 0.866. The van der Waals surface area contributed by atoms with Crippen molar-refractivity contribution in [2.45, 2.75) is 25.3 Å². The van der Waals surface area contributed by atoms with Gasteiger partial charge in [0.1, 0.15) is 5.75 Å². The third-order valence-corrected chi connectivity index (χ3v) is 4.06. The Labute approximate surface area is 91.5 Å². The van der Waals surface area contributed by atoms with Crippen molar-refractivity contribution in [3.8, 4) is 5.75 Å². The fraction of sp³-hybridized carbons (Fsp3) is 0.455. The molecule has 3 rings (SSSR count). The highest BCUT2D eigenvalue weighted by atomic mass is 79.9. The van der Waals surface area contributed by atoms with E-state index in [1.54, 1.807) is 6.07 Å². The number of phenolic OH excluding ortho intramolecular Hbond substituents is 1. The van der Waals surface area contributed by atoms with Crippen LogP contribution < -0.4 is 5.32 Å². The van der Waals surface area contributed by atoms with Crippen molar-refractivity contribution < 1.29 is 5.11 Å². The molecule has 74 valence electrons. The van der Waals surface area contributed by atoms with Gasteiger partial charge in [0.05, 0.1) is 4.47 Å². The van der Waals surface area contributed by atoms with Crippen molar-refractivity contribution in [2.75, 3.05) is 5.32 Å². The largest absolute Gasteiger partial charge is 0.507 e. The smallest absolute Gasteiger partial charge is 0.130 e. The minimum atomic E-state index is 0.349. The summed E-state index contributed by atoms with van der Waals surface area (Å²) >= 11 is 3.44. The molecule has 0 amide bonds. The predicted molar refractivity (Wildman–Crippen MR) is 59.6 cm³/mol. The normalized spacial score (nSPS) is 24.5. The summed E-state index contributed by atoms with van der Waals surface area (Å²) in [6.07, 6.45) is 3.76. The molecule has 2 nitrogen and oxygen atoms in total. The van der Waals surface area contributed by atoms with E-state index < -0.39 is 0 Å². The highest BCUT2D eigenvalue weighted by Crippen LogP contribution is 2.44. The first-order valence-electron chi connectivity index (χ1n) is 5.02. The molecule has 14 heavy (non-hydrogen) atoms. The molecule has 1 aliphatic heterocycles. The van der Waals surface area contributed by atoms with E-state index in [2.05, 4.69) is 21.2 Å². The van der Waals surface area contributed by atoms with Gasteiger partial charge in [-0.05, 0) is 58.8 Å². The quantitative estimate of drug-likeness (QED) is 0.755. The van der Waals surface area contributed by atoms with Crippen LogP contribution >= 0.6 is 15.9 Å². The van der Waals surface area contributed by atoms with E-state index >= 15 is 0 Å². The maximum atomic E-state index is 9.55. The molecular formula is C11H12BrNO. The second kappa shape index (κ2) is 2.89. The Morgan fingerprint density at radius 2 is 2.14 bits per heavy atom. The van der Waals surface area contributed by atoms with Crippen molar-refractivity contribution in [1.29, 1.82) is 0 Å². The number of benzene rings is 1. The Morgan fingerprint density at radius 1 is 1.36 bits per heavy atom. The minimum absolute atomic E-state index is 0.349. The summed E-state index contributed by atoms with van der Waals surface area (Å²) in [5.41, 5.74) is 2.42. The topological polar surface area (TPSA) is 32.3 Å². The molecule has 1 saturated carbocycles. The fourth-order valence-corrected chi connectivity index (χ4v) is 2.71. The van der Waals surface area contributed by atoms with Crippen LogP contribution in [0, 0.1) is 5.92 Å². The van der Waals surface area contributed by atoms with Crippen molar-refractivity contribution in [3.05, 3.63) is 22.2 Å². The van der Waals surface area contributed by atoms with Crippen LogP contribution in [-0.2, 0) is 6.42 Å². The number of rotatable bonds is 1. The molecule has 1 aromatic carbocycles. The first-order valence-corrected chi connectivity index (χ1v) is 5.82. The molecule has 1 atom stereocenters. The maximum Gasteiger partial charge on any atom is 0.130 e. The van der Waals surface area contributed by atoms with Gasteiger partial charge in [-0.15, -0.1) is 0 Å². The zero-order valence-corrected chi connectivity index (χ0v) is 9.34. The summed E-state index contributed by atoms with van der Waals surface area (Å²) in [5.74, 6) is 1.21. The molecule has 2 N–H and O–H groups in total.